The Balaban J connectivity index is 1.57. The Kier molecular flexibility index (Phi) is 8.72. The van der Waals surface area contributed by atoms with E-state index in [0.29, 0.717) is 17.1 Å². The summed E-state index contributed by atoms with van der Waals surface area (Å²) in [7, 11) is -2.91. The van der Waals surface area contributed by atoms with E-state index in [9.17, 15) is 42.4 Å². The average Bonchev–Trinajstić information content (AvgIpc) is 3.47. The van der Waals surface area contributed by atoms with Gasteiger partial charge < -0.3 is 40.4 Å². The van der Waals surface area contributed by atoms with Gasteiger partial charge in [-0.3, -0.25) is 19.2 Å². The lowest BCUT2D eigenvalue weighted by atomic mass is 9.77. The molecule has 0 spiro atoms. The maximum absolute atomic E-state index is 13.7. The molecule has 2 aliphatic rings. The first-order valence-electron chi connectivity index (χ1n) is 12.3. The molecule has 3 amide bonds. The monoisotopic (exact) mass is 577 g/mol. The number of hydrogen-bond donors (Lipinski definition) is 6. The molecule has 216 valence electrons. The second-order valence-corrected chi connectivity index (χ2v) is 9.48. The third-order valence-corrected chi connectivity index (χ3v) is 6.64. The van der Waals surface area contributed by atoms with Crippen LogP contribution in [0.2, 0.25) is 0 Å². The summed E-state index contributed by atoms with van der Waals surface area (Å²) in [5.74, 6) is -3.96. The van der Waals surface area contributed by atoms with E-state index in [1.54, 1.807) is 6.07 Å². The first-order valence-corrected chi connectivity index (χ1v) is 12.3. The first kappa shape index (κ1) is 30.0. The highest BCUT2D eigenvalue weighted by atomic mass is 19.4. The molecule has 2 atom stereocenters. The summed E-state index contributed by atoms with van der Waals surface area (Å²) in [6.45, 7) is 0.662. The van der Waals surface area contributed by atoms with Crippen molar-refractivity contribution in [2.45, 2.75) is 44.8 Å². The van der Waals surface area contributed by atoms with Crippen LogP contribution in [0.3, 0.4) is 0 Å². The van der Waals surface area contributed by atoms with E-state index in [4.69, 9.17) is 14.4 Å². The van der Waals surface area contributed by atoms with E-state index >= 15 is 0 Å². The maximum Gasteiger partial charge on any atom is 0.491 e. The van der Waals surface area contributed by atoms with Gasteiger partial charge in [0.05, 0.1) is 31.2 Å². The molecule has 0 aliphatic carbocycles. The van der Waals surface area contributed by atoms with Crippen LogP contribution in [0, 0.1) is 0 Å². The SMILES string of the molecule is CC(NC(=O)c1ccc2c(c1)B(O)OC2)C(NC(=O)c1cc2c(c(C(F)(F)F)c1)COB2O)C(=O)NCCC(=O)O. The fourth-order valence-corrected chi connectivity index (χ4v) is 4.49. The number of carbonyl (C=O) groups excluding carboxylic acids is 3. The van der Waals surface area contributed by atoms with Crippen LogP contribution in [0.25, 0.3) is 0 Å². The van der Waals surface area contributed by atoms with Crippen molar-refractivity contribution in [3.63, 3.8) is 0 Å². The van der Waals surface area contributed by atoms with E-state index in [1.807, 2.05) is 0 Å². The highest BCUT2D eigenvalue weighted by Crippen LogP contribution is 2.34. The molecule has 2 heterocycles. The van der Waals surface area contributed by atoms with Crippen molar-refractivity contribution < 1.29 is 56.8 Å². The number of hydrogen-bond acceptors (Lipinski definition) is 8. The second-order valence-electron chi connectivity index (χ2n) is 9.48. The summed E-state index contributed by atoms with van der Waals surface area (Å²) < 4.78 is 51.1. The molecule has 0 bridgehead atoms. The van der Waals surface area contributed by atoms with Crippen LogP contribution in [-0.2, 0) is 38.3 Å². The van der Waals surface area contributed by atoms with Crippen molar-refractivity contribution in [1.29, 1.82) is 0 Å². The minimum Gasteiger partial charge on any atom is -0.481 e. The average molecular weight is 577 g/mol. The number of fused-ring (bicyclic) bond motifs is 2. The molecular formula is C24H24B2F3N3O9. The van der Waals surface area contributed by atoms with Crippen molar-refractivity contribution >= 4 is 48.9 Å². The zero-order valence-electron chi connectivity index (χ0n) is 21.4. The van der Waals surface area contributed by atoms with Gasteiger partial charge in [0.15, 0.2) is 0 Å². The summed E-state index contributed by atoms with van der Waals surface area (Å²) >= 11 is 0. The third-order valence-electron chi connectivity index (χ3n) is 6.64. The molecule has 0 aromatic heterocycles. The van der Waals surface area contributed by atoms with Gasteiger partial charge in [-0.15, -0.1) is 0 Å². The van der Waals surface area contributed by atoms with Gasteiger partial charge in [-0.05, 0) is 53.2 Å². The number of benzene rings is 2. The van der Waals surface area contributed by atoms with Crippen molar-refractivity contribution in [3.8, 4) is 0 Å². The van der Waals surface area contributed by atoms with Crippen molar-refractivity contribution in [3.05, 3.63) is 58.1 Å². The van der Waals surface area contributed by atoms with Crippen LogP contribution in [0.15, 0.2) is 30.3 Å². The lowest BCUT2D eigenvalue weighted by Gasteiger charge is -2.26. The van der Waals surface area contributed by atoms with Crippen molar-refractivity contribution in [2.75, 3.05) is 6.54 Å². The number of carboxylic acids is 1. The number of carbonyl (C=O) groups is 4. The lowest BCUT2D eigenvalue weighted by molar-refractivity contribution is -0.139. The minimum absolute atomic E-state index is 0.0962. The largest absolute Gasteiger partial charge is 0.491 e. The number of rotatable bonds is 9. The van der Waals surface area contributed by atoms with Gasteiger partial charge in [0.25, 0.3) is 11.8 Å². The number of aliphatic carboxylic acids is 1. The van der Waals surface area contributed by atoms with Gasteiger partial charge in [-0.25, -0.2) is 0 Å². The fraction of sp³-hybridized carbons (Fsp3) is 0.333. The molecule has 0 saturated heterocycles. The lowest BCUT2D eigenvalue weighted by Crippen LogP contribution is -2.57. The van der Waals surface area contributed by atoms with Gasteiger partial charge >= 0.3 is 26.4 Å². The number of carboxylic acid groups (broad SMARTS) is 1. The molecule has 4 rings (SSSR count). The Morgan fingerprint density at radius 2 is 1.59 bits per heavy atom. The summed E-state index contributed by atoms with van der Waals surface area (Å²) in [5, 5.41) is 35.9. The Morgan fingerprint density at radius 3 is 2.27 bits per heavy atom. The van der Waals surface area contributed by atoms with E-state index < -0.39 is 80.3 Å². The minimum atomic E-state index is -4.88. The second kappa shape index (κ2) is 11.9. The molecule has 2 aromatic carbocycles. The molecule has 0 saturated carbocycles. The molecule has 0 fully saturated rings. The van der Waals surface area contributed by atoms with Crippen LogP contribution in [0.4, 0.5) is 13.2 Å². The number of alkyl halides is 3. The first-order chi connectivity index (χ1) is 19.3. The van der Waals surface area contributed by atoms with Gasteiger partial charge in [0.2, 0.25) is 5.91 Å². The van der Waals surface area contributed by atoms with Crippen molar-refractivity contribution in [1.82, 2.24) is 16.0 Å². The molecular weight excluding hydrogens is 553 g/mol. The van der Waals surface area contributed by atoms with Crippen LogP contribution in [0.1, 0.15) is 50.8 Å². The Morgan fingerprint density at radius 1 is 0.951 bits per heavy atom. The normalized spacial score (nSPS) is 15.6. The highest BCUT2D eigenvalue weighted by molar-refractivity contribution is 6.62. The van der Waals surface area contributed by atoms with Gasteiger partial charge in [0.1, 0.15) is 6.04 Å². The maximum atomic E-state index is 13.7. The van der Waals surface area contributed by atoms with Crippen molar-refractivity contribution in [2.24, 2.45) is 0 Å². The zero-order chi connectivity index (χ0) is 30.1. The molecule has 2 unspecified atom stereocenters. The predicted molar refractivity (Wildman–Crippen MR) is 136 cm³/mol. The highest BCUT2D eigenvalue weighted by Gasteiger charge is 2.41. The van der Waals surface area contributed by atoms with Crippen LogP contribution >= 0.6 is 0 Å². The standard InChI is InChI=1S/C24H24B2F3N3O9/c1-11(31-21(35)12-2-3-13-9-40-25(38)17(13)7-12)20(23(37)30-5-4-19(33)34)32-22(36)14-6-16(24(27,28)29)15-10-41-26(39)18(15)8-14/h2-3,6-8,11,20,38-39H,4-5,9-10H2,1H3,(H,30,37)(H,31,35)(H,32,36)(H,33,34). The number of halogens is 3. The molecule has 2 aliphatic heterocycles. The van der Waals surface area contributed by atoms with Gasteiger partial charge in [0, 0.05) is 17.7 Å². The molecule has 17 heteroatoms. The summed E-state index contributed by atoms with van der Waals surface area (Å²) in [4.78, 5) is 49.9. The summed E-state index contributed by atoms with van der Waals surface area (Å²) in [6, 6.07) is 3.29. The Bertz CT molecular complexity index is 1390. The van der Waals surface area contributed by atoms with Crippen LogP contribution in [-0.4, -0.2) is 71.7 Å². The van der Waals surface area contributed by atoms with E-state index in [0.717, 1.165) is 6.07 Å². The van der Waals surface area contributed by atoms with Crippen LogP contribution in [0.5, 0.6) is 0 Å². The third kappa shape index (κ3) is 6.70. The predicted octanol–water partition coefficient (Wildman–Crippen LogP) is -1.35. The number of amides is 3. The quantitative estimate of drug-likeness (QED) is 0.196. The topological polar surface area (TPSA) is 184 Å². The molecule has 41 heavy (non-hydrogen) atoms. The Labute approximate surface area is 231 Å². The summed E-state index contributed by atoms with van der Waals surface area (Å²) in [6.07, 6.45) is -5.33. The van der Waals surface area contributed by atoms with E-state index in [2.05, 4.69) is 16.0 Å². The van der Waals surface area contributed by atoms with Gasteiger partial charge in [-0.2, -0.15) is 13.2 Å². The summed E-state index contributed by atoms with van der Waals surface area (Å²) in [5.41, 5.74) is -1.15. The molecule has 2 aromatic rings. The fourth-order valence-electron chi connectivity index (χ4n) is 4.49. The molecule has 0 radical (unpaired) electrons. The molecule has 6 N–H and O–H groups in total. The van der Waals surface area contributed by atoms with E-state index in [-0.39, 0.29) is 29.7 Å². The number of nitrogens with one attached hydrogen (secondary N) is 3. The zero-order valence-corrected chi connectivity index (χ0v) is 21.4. The van der Waals surface area contributed by atoms with E-state index in [1.165, 1.54) is 19.1 Å². The smallest absolute Gasteiger partial charge is 0.481 e. The Hall–Kier alpha value is -3.92. The van der Waals surface area contributed by atoms with Crippen LogP contribution < -0.4 is 26.9 Å². The van der Waals surface area contributed by atoms with Gasteiger partial charge in [-0.1, -0.05) is 6.07 Å². The molecule has 12 nitrogen and oxygen atoms in total.